The molecule has 0 radical (unpaired) electrons. The molecule has 29 heavy (non-hydrogen) atoms. The predicted molar refractivity (Wildman–Crippen MR) is 115 cm³/mol. The van der Waals surface area contributed by atoms with Crippen molar-refractivity contribution in [3.8, 4) is 11.5 Å². The standard InChI is InChI=1S/C20H18Cl4O5/c1-10(6-11-7-15(23)18(27-2)12(8-25)17(11)24)9-29-20(26)16-13(21)4-5-14(22)19(16)28-3/h4-5,7-8,10H,6,9H2,1-3H3. The van der Waals surface area contributed by atoms with Crippen molar-refractivity contribution in [3.63, 3.8) is 0 Å². The second-order valence-corrected chi connectivity index (χ2v) is 7.84. The Morgan fingerprint density at radius 3 is 2.24 bits per heavy atom. The number of carbonyl (C=O) groups is 2. The van der Waals surface area contributed by atoms with Crippen molar-refractivity contribution in [1.29, 1.82) is 0 Å². The van der Waals surface area contributed by atoms with Gasteiger partial charge in [-0.1, -0.05) is 53.3 Å². The van der Waals surface area contributed by atoms with Crippen LogP contribution < -0.4 is 9.47 Å². The number of rotatable bonds is 8. The van der Waals surface area contributed by atoms with Gasteiger partial charge in [0.1, 0.15) is 11.3 Å². The maximum atomic E-state index is 12.5. The van der Waals surface area contributed by atoms with Crippen LogP contribution in [0.25, 0.3) is 0 Å². The van der Waals surface area contributed by atoms with Gasteiger partial charge in [-0.05, 0) is 36.1 Å². The van der Waals surface area contributed by atoms with Crippen LogP contribution in [0.4, 0.5) is 0 Å². The van der Waals surface area contributed by atoms with Gasteiger partial charge in [-0.3, -0.25) is 4.79 Å². The molecule has 0 aliphatic carbocycles. The maximum absolute atomic E-state index is 12.5. The largest absolute Gasteiger partial charge is 0.494 e. The van der Waals surface area contributed by atoms with Gasteiger partial charge < -0.3 is 14.2 Å². The van der Waals surface area contributed by atoms with Crippen molar-refractivity contribution in [2.24, 2.45) is 5.92 Å². The van der Waals surface area contributed by atoms with Gasteiger partial charge in [0.05, 0.1) is 46.5 Å². The van der Waals surface area contributed by atoms with Gasteiger partial charge in [0.25, 0.3) is 0 Å². The number of ether oxygens (including phenoxy) is 3. The Hall–Kier alpha value is -1.66. The van der Waals surface area contributed by atoms with Gasteiger partial charge in [-0.2, -0.15) is 0 Å². The summed E-state index contributed by atoms with van der Waals surface area (Å²) in [6, 6.07) is 4.65. The summed E-state index contributed by atoms with van der Waals surface area (Å²) in [7, 11) is 2.79. The molecule has 9 heteroatoms. The zero-order valence-corrected chi connectivity index (χ0v) is 18.9. The van der Waals surface area contributed by atoms with Gasteiger partial charge in [0, 0.05) is 0 Å². The van der Waals surface area contributed by atoms with Crippen molar-refractivity contribution in [3.05, 3.63) is 55.0 Å². The summed E-state index contributed by atoms with van der Waals surface area (Å²) in [5.41, 5.74) is 0.875. The van der Waals surface area contributed by atoms with Crippen LogP contribution in [-0.2, 0) is 11.2 Å². The summed E-state index contributed by atoms with van der Waals surface area (Å²) < 4.78 is 15.7. The Kier molecular flexibility index (Phi) is 8.46. The summed E-state index contributed by atoms with van der Waals surface area (Å²) in [5.74, 6) is -0.423. The summed E-state index contributed by atoms with van der Waals surface area (Å²) in [6.07, 6.45) is 1.01. The third-order valence-corrected chi connectivity index (χ3v) is 5.48. The monoisotopic (exact) mass is 478 g/mol. The maximum Gasteiger partial charge on any atom is 0.343 e. The SMILES string of the molecule is COc1c(Cl)cc(CC(C)COC(=O)c2c(Cl)ccc(Cl)c2OC)c(Cl)c1C=O. The lowest BCUT2D eigenvalue weighted by molar-refractivity contribution is 0.0446. The van der Waals surface area contributed by atoms with Gasteiger partial charge in [0.15, 0.2) is 12.0 Å². The minimum Gasteiger partial charge on any atom is -0.494 e. The van der Waals surface area contributed by atoms with Crippen molar-refractivity contribution in [2.45, 2.75) is 13.3 Å². The van der Waals surface area contributed by atoms with Crippen LogP contribution in [0.2, 0.25) is 20.1 Å². The highest BCUT2D eigenvalue weighted by molar-refractivity contribution is 6.37. The van der Waals surface area contributed by atoms with Crippen molar-refractivity contribution < 1.29 is 23.8 Å². The van der Waals surface area contributed by atoms with Crippen molar-refractivity contribution in [1.82, 2.24) is 0 Å². The Balaban J connectivity index is 2.15. The normalized spacial score (nSPS) is 11.7. The van der Waals surface area contributed by atoms with E-state index in [-0.39, 0.29) is 55.2 Å². The van der Waals surface area contributed by atoms with Gasteiger partial charge >= 0.3 is 5.97 Å². The molecule has 0 N–H and O–H groups in total. The van der Waals surface area contributed by atoms with E-state index in [0.717, 1.165) is 0 Å². The summed E-state index contributed by atoms with van der Waals surface area (Å²) in [4.78, 5) is 23.9. The lowest BCUT2D eigenvalue weighted by Crippen LogP contribution is -2.15. The molecule has 156 valence electrons. The molecule has 0 aromatic heterocycles. The molecular formula is C20H18Cl4O5. The van der Waals surface area contributed by atoms with Crippen LogP contribution in [0.1, 0.15) is 33.2 Å². The molecule has 0 aliphatic heterocycles. The predicted octanol–water partition coefficient (Wildman–Crippen LogP) is 6.17. The highest BCUT2D eigenvalue weighted by Gasteiger charge is 2.22. The third-order valence-electron chi connectivity index (χ3n) is 4.14. The number of hydrogen-bond acceptors (Lipinski definition) is 5. The van der Waals surface area contributed by atoms with E-state index in [0.29, 0.717) is 18.3 Å². The van der Waals surface area contributed by atoms with E-state index in [9.17, 15) is 9.59 Å². The van der Waals surface area contributed by atoms with Gasteiger partial charge in [0.2, 0.25) is 0 Å². The van der Waals surface area contributed by atoms with E-state index in [1.807, 2.05) is 6.92 Å². The number of esters is 1. The highest BCUT2D eigenvalue weighted by atomic mass is 35.5. The molecule has 1 atom stereocenters. The van der Waals surface area contributed by atoms with Crippen LogP contribution in [0.3, 0.4) is 0 Å². The van der Waals surface area contributed by atoms with E-state index in [1.165, 1.54) is 26.4 Å². The first-order chi connectivity index (χ1) is 13.7. The molecule has 2 aromatic rings. The first-order valence-corrected chi connectivity index (χ1v) is 9.95. The zero-order valence-electron chi connectivity index (χ0n) is 15.9. The quantitative estimate of drug-likeness (QED) is 0.335. The van der Waals surface area contributed by atoms with Crippen LogP contribution in [-0.4, -0.2) is 33.1 Å². The average Bonchev–Trinajstić information content (AvgIpc) is 2.69. The van der Waals surface area contributed by atoms with Gasteiger partial charge in [-0.15, -0.1) is 0 Å². The van der Waals surface area contributed by atoms with Crippen LogP contribution in [0, 0.1) is 5.92 Å². The molecule has 0 aliphatic rings. The number of hydrogen-bond donors (Lipinski definition) is 0. The number of benzene rings is 2. The molecule has 2 rings (SSSR count). The highest BCUT2D eigenvalue weighted by Crippen LogP contribution is 2.37. The molecule has 5 nitrogen and oxygen atoms in total. The topological polar surface area (TPSA) is 61.8 Å². The summed E-state index contributed by atoms with van der Waals surface area (Å²) >= 11 is 24.6. The van der Waals surface area contributed by atoms with E-state index in [1.54, 1.807) is 6.07 Å². The fourth-order valence-corrected chi connectivity index (χ4v) is 3.83. The minimum atomic E-state index is -0.659. The molecule has 0 bridgehead atoms. The average molecular weight is 480 g/mol. The molecule has 0 heterocycles. The Morgan fingerprint density at radius 1 is 1.03 bits per heavy atom. The van der Waals surface area contributed by atoms with Crippen LogP contribution in [0.15, 0.2) is 18.2 Å². The smallest absolute Gasteiger partial charge is 0.343 e. The Labute approximate surface area is 188 Å². The first-order valence-electron chi connectivity index (χ1n) is 8.44. The van der Waals surface area contributed by atoms with Crippen LogP contribution >= 0.6 is 46.4 Å². The summed E-state index contributed by atoms with van der Waals surface area (Å²) in [6.45, 7) is 1.93. The van der Waals surface area contributed by atoms with Crippen LogP contribution in [0.5, 0.6) is 11.5 Å². The lowest BCUT2D eigenvalue weighted by atomic mass is 9.99. The van der Waals surface area contributed by atoms with E-state index in [2.05, 4.69) is 0 Å². The van der Waals surface area contributed by atoms with Crippen molar-refractivity contribution >= 4 is 58.7 Å². The molecule has 0 fully saturated rings. The fourth-order valence-electron chi connectivity index (χ4n) is 2.79. The zero-order chi connectivity index (χ0) is 21.7. The summed E-state index contributed by atoms with van der Waals surface area (Å²) in [5, 5.41) is 0.940. The third kappa shape index (κ3) is 5.28. The first kappa shape index (κ1) is 23.6. The number of aldehydes is 1. The fraction of sp³-hybridized carbons (Fsp3) is 0.300. The Bertz CT molecular complexity index is 930. The lowest BCUT2D eigenvalue weighted by Gasteiger charge is -2.17. The number of halogens is 4. The van der Waals surface area contributed by atoms with E-state index in [4.69, 9.17) is 60.6 Å². The molecule has 0 spiro atoms. The molecule has 0 saturated carbocycles. The molecule has 0 saturated heterocycles. The van der Waals surface area contributed by atoms with E-state index >= 15 is 0 Å². The number of carbonyl (C=O) groups excluding carboxylic acids is 2. The molecular weight excluding hydrogens is 462 g/mol. The Morgan fingerprint density at radius 2 is 1.66 bits per heavy atom. The number of methoxy groups -OCH3 is 2. The van der Waals surface area contributed by atoms with E-state index < -0.39 is 5.97 Å². The minimum absolute atomic E-state index is 0.0580. The van der Waals surface area contributed by atoms with Crippen molar-refractivity contribution in [2.75, 3.05) is 20.8 Å². The molecule has 0 amide bonds. The molecule has 2 aromatic carbocycles. The van der Waals surface area contributed by atoms with Gasteiger partial charge in [-0.25, -0.2) is 4.79 Å². The second-order valence-electron chi connectivity index (χ2n) is 6.24. The molecule has 1 unspecified atom stereocenters. The second kappa shape index (κ2) is 10.4.